The molecule has 6 bridgehead atoms. The van der Waals surface area contributed by atoms with Crippen molar-refractivity contribution >= 4 is 23.2 Å². The second-order valence-corrected chi connectivity index (χ2v) is 8.91. The molecule has 4 N–H and O–H groups in total. The minimum absolute atomic E-state index is 0.0946. The number of nitrogens with zero attached hydrogens (tertiary/aromatic N) is 2. The topological polar surface area (TPSA) is 111 Å². The molecule has 0 aliphatic carbocycles. The smallest absolute Gasteiger partial charge is 0.251 e. The van der Waals surface area contributed by atoms with Crippen LogP contribution in [0.5, 0.6) is 5.75 Å². The number of amides is 1. The van der Waals surface area contributed by atoms with Crippen LogP contribution in [0.25, 0.3) is 11.3 Å². The highest BCUT2D eigenvalue weighted by Gasteiger charge is 2.13. The van der Waals surface area contributed by atoms with Gasteiger partial charge in [-0.2, -0.15) is 0 Å². The lowest BCUT2D eigenvalue weighted by molar-refractivity contribution is 0.0945. The number of carbonyl (C=O) groups is 1. The van der Waals surface area contributed by atoms with E-state index in [1.165, 1.54) is 6.07 Å². The number of hydrogen-bond acceptors (Lipinski definition) is 7. The zero-order chi connectivity index (χ0) is 26.3. The molecule has 194 valence electrons. The van der Waals surface area contributed by atoms with Crippen LogP contribution in [-0.4, -0.2) is 29.0 Å². The molecule has 2 aliphatic heterocycles. The molecule has 0 unspecified atom stereocenters. The molecule has 0 spiro atoms. The maximum absolute atomic E-state index is 14.1. The van der Waals surface area contributed by atoms with Crippen LogP contribution in [0.3, 0.4) is 0 Å². The summed E-state index contributed by atoms with van der Waals surface area (Å²) >= 11 is 0. The first-order valence-electron chi connectivity index (χ1n) is 12.4. The van der Waals surface area contributed by atoms with Crippen molar-refractivity contribution in [3.63, 3.8) is 0 Å². The molecule has 1 amide bonds. The fourth-order valence-corrected chi connectivity index (χ4v) is 4.13. The van der Waals surface area contributed by atoms with Crippen LogP contribution < -0.4 is 21.1 Å². The predicted molar refractivity (Wildman–Crippen MR) is 144 cm³/mol. The maximum atomic E-state index is 14.1. The van der Waals surface area contributed by atoms with E-state index in [1.807, 2.05) is 18.2 Å². The van der Waals surface area contributed by atoms with Gasteiger partial charge in [-0.05, 0) is 61.4 Å². The third-order valence-electron chi connectivity index (χ3n) is 6.16. The van der Waals surface area contributed by atoms with Gasteiger partial charge in [-0.25, -0.2) is 14.4 Å². The highest BCUT2D eigenvalue weighted by molar-refractivity contribution is 5.96. The molecule has 0 atom stereocenters. The van der Waals surface area contributed by atoms with Crippen molar-refractivity contribution in [3.8, 4) is 17.0 Å². The van der Waals surface area contributed by atoms with Gasteiger partial charge in [0.2, 0.25) is 5.95 Å². The molecule has 0 fully saturated rings. The van der Waals surface area contributed by atoms with Crippen molar-refractivity contribution in [2.75, 3.05) is 24.2 Å². The van der Waals surface area contributed by atoms with E-state index in [9.17, 15) is 9.18 Å². The van der Waals surface area contributed by atoms with Gasteiger partial charge in [0, 0.05) is 53.0 Å². The molecule has 0 saturated carbocycles. The molecule has 9 heteroatoms. The van der Waals surface area contributed by atoms with Gasteiger partial charge in [0.25, 0.3) is 5.91 Å². The number of anilines is 3. The van der Waals surface area contributed by atoms with Crippen LogP contribution in [0, 0.1) is 5.82 Å². The molecule has 0 saturated heterocycles. The number of fused-ring (bicyclic) bond motifs is 9. The van der Waals surface area contributed by atoms with E-state index in [0.717, 1.165) is 24.1 Å². The summed E-state index contributed by atoms with van der Waals surface area (Å²) in [6, 6.07) is 19.0. The standard InChI is InChI=1S/C29H28FN5O3/c30-24-6-2-1-5-20(24)18-38-27-10-8-22-15-21(27)17-37-14-4-3-12-32-28(36)19-7-9-23(25(31)16-19)26-11-13-33-29(34-22)35-26/h1-2,5-11,13,15-16H,3-4,12,14,17-18,31H2,(H,32,36)(H,33,34,35). The highest BCUT2D eigenvalue weighted by atomic mass is 19.1. The van der Waals surface area contributed by atoms with Crippen LogP contribution in [0.2, 0.25) is 0 Å². The second-order valence-electron chi connectivity index (χ2n) is 8.91. The van der Waals surface area contributed by atoms with Crippen molar-refractivity contribution in [3.05, 3.63) is 95.4 Å². The third kappa shape index (κ3) is 6.07. The quantitative estimate of drug-likeness (QED) is 0.322. The zero-order valence-electron chi connectivity index (χ0n) is 20.7. The lowest BCUT2D eigenvalue weighted by Crippen LogP contribution is -2.24. The van der Waals surface area contributed by atoms with E-state index in [2.05, 4.69) is 20.6 Å². The number of hydrogen-bond donors (Lipinski definition) is 3. The first kappa shape index (κ1) is 25.2. The average molecular weight is 514 g/mol. The number of carbonyl (C=O) groups excluding carboxylic acids is 1. The molecule has 3 heterocycles. The number of rotatable bonds is 3. The molecular weight excluding hydrogens is 485 g/mol. The van der Waals surface area contributed by atoms with Gasteiger partial charge in [-0.3, -0.25) is 4.79 Å². The highest BCUT2D eigenvalue weighted by Crippen LogP contribution is 2.29. The van der Waals surface area contributed by atoms with Gasteiger partial charge in [-0.1, -0.05) is 18.2 Å². The molecule has 38 heavy (non-hydrogen) atoms. The summed E-state index contributed by atoms with van der Waals surface area (Å²) in [6.07, 6.45) is 3.17. The zero-order valence-corrected chi connectivity index (χ0v) is 20.7. The Balaban J connectivity index is 1.43. The monoisotopic (exact) mass is 513 g/mol. The summed E-state index contributed by atoms with van der Waals surface area (Å²) in [6.45, 7) is 1.43. The third-order valence-corrected chi connectivity index (χ3v) is 6.16. The van der Waals surface area contributed by atoms with E-state index >= 15 is 0 Å². The SMILES string of the molecule is Nc1cc2ccc1-c1ccnc(n1)Nc1ccc(OCc3ccccc3F)c(c1)COCCCCNC2=O. The van der Waals surface area contributed by atoms with Crippen molar-refractivity contribution in [1.82, 2.24) is 15.3 Å². The fraction of sp³-hybridized carbons (Fsp3) is 0.207. The number of halogens is 1. The largest absolute Gasteiger partial charge is 0.488 e. The van der Waals surface area contributed by atoms with Gasteiger partial charge < -0.3 is 25.8 Å². The Morgan fingerprint density at radius 2 is 1.95 bits per heavy atom. The van der Waals surface area contributed by atoms with Crippen molar-refractivity contribution < 1.29 is 18.7 Å². The summed E-state index contributed by atoms with van der Waals surface area (Å²) in [5, 5.41) is 6.15. The van der Waals surface area contributed by atoms with Crippen LogP contribution in [0.4, 0.5) is 21.7 Å². The number of ether oxygens (including phenoxy) is 2. The van der Waals surface area contributed by atoms with Gasteiger partial charge in [0.05, 0.1) is 12.3 Å². The van der Waals surface area contributed by atoms with E-state index in [4.69, 9.17) is 15.2 Å². The molecule has 4 aromatic rings. The van der Waals surface area contributed by atoms with E-state index in [0.29, 0.717) is 59.5 Å². The molecular formula is C29H28FN5O3. The Kier molecular flexibility index (Phi) is 7.75. The van der Waals surface area contributed by atoms with Crippen molar-refractivity contribution in [2.45, 2.75) is 26.1 Å². The average Bonchev–Trinajstić information content (AvgIpc) is 2.92. The molecule has 0 radical (unpaired) electrons. The number of nitrogens with two attached hydrogens (primary N) is 1. The second kappa shape index (κ2) is 11.7. The van der Waals surface area contributed by atoms with Gasteiger partial charge in [-0.15, -0.1) is 0 Å². The first-order chi connectivity index (χ1) is 18.6. The number of nitrogen functional groups attached to an aromatic ring is 1. The molecule has 8 nitrogen and oxygen atoms in total. The summed E-state index contributed by atoms with van der Waals surface area (Å²) in [5.74, 6) is 0.486. The Morgan fingerprint density at radius 1 is 1.05 bits per heavy atom. The van der Waals surface area contributed by atoms with Gasteiger partial charge in [0.15, 0.2) is 0 Å². The van der Waals surface area contributed by atoms with Gasteiger partial charge >= 0.3 is 0 Å². The predicted octanol–water partition coefficient (Wildman–Crippen LogP) is 5.23. The lowest BCUT2D eigenvalue weighted by atomic mass is 10.1. The molecule has 1 aromatic heterocycles. The number of benzene rings is 3. The Hall–Kier alpha value is -4.50. The normalized spacial score (nSPS) is 14.0. The summed E-state index contributed by atoms with van der Waals surface area (Å²) in [7, 11) is 0. The molecule has 2 aliphatic rings. The van der Waals surface area contributed by atoms with Crippen LogP contribution in [-0.2, 0) is 18.0 Å². The van der Waals surface area contributed by atoms with Crippen LogP contribution >= 0.6 is 0 Å². The first-order valence-corrected chi connectivity index (χ1v) is 12.4. The van der Waals surface area contributed by atoms with E-state index in [1.54, 1.807) is 48.7 Å². The van der Waals surface area contributed by atoms with E-state index < -0.39 is 0 Å². The van der Waals surface area contributed by atoms with E-state index in [-0.39, 0.29) is 18.3 Å². The Bertz CT molecular complexity index is 1450. The number of aromatic nitrogens is 2. The minimum atomic E-state index is -0.313. The Morgan fingerprint density at radius 3 is 2.82 bits per heavy atom. The maximum Gasteiger partial charge on any atom is 0.251 e. The fourth-order valence-electron chi connectivity index (χ4n) is 4.13. The van der Waals surface area contributed by atoms with Crippen molar-refractivity contribution in [1.29, 1.82) is 0 Å². The van der Waals surface area contributed by atoms with Crippen LogP contribution in [0.15, 0.2) is 72.9 Å². The van der Waals surface area contributed by atoms with Crippen LogP contribution in [0.1, 0.15) is 34.3 Å². The summed E-state index contributed by atoms with van der Waals surface area (Å²) in [4.78, 5) is 21.5. The summed E-state index contributed by atoms with van der Waals surface area (Å²) in [5.41, 5.74) is 10.6. The Labute approximate surface area is 220 Å². The minimum Gasteiger partial charge on any atom is -0.488 e. The number of nitrogens with one attached hydrogen (secondary N) is 2. The molecule has 3 aromatic carbocycles. The molecule has 6 rings (SSSR count). The van der Waals surface area contributed by atoms with Crippen molar-refractivity contribution in [2.24, 2.45) is 0 Å². The summed E-state index contributed by atoms with van der Waals surface area (Å²) < 4.78 is 26.0. The van der Waals surface area contributed by atoms with Gasteiger partial charge in [0.1, 0.15) is 18.2 Å². The lowest BCUT2D eigenvalue weighted by Gasteiger charge is -2.15.